The summed E-state index contributed by atoms with van der Waals surface area (Å²) >= 11 is 0. The smallest absolute Gasteiger partial charge is 0.244 e. The number of hydrogen-bond acceptors (Lipinski definition) is 9. The molecule has 5 aliphatic rings. The highest BCUT2D eigenvalue weighted by atomic mass is 19.1. The molecule has 5 fully saturated rings. The normalized spacial score (nSPS) is 28.0. The van der Waals surface area contributed by atoms with Crippen molar-refractivity contribution in [3.8, 4) is 11.3 Å². The average molecular weight is 761 g/mol. The Hall–Kier alpha value is -4.43. The molecule has 1 aromatic heterocycles. The Labute approximate surface area is 319 Å². The Kier molecular flexibility index (Phi) is 11.1. The lowest BCUT2D eigenvalue weighted by molar-refractivity contribution is -0.128. The van der Waals surface area contributed by atoms with Crippen molar-refractivity contribution in [2.24, 2.45) is 5.92 Å². The third-order valence-electron chi connectivity index (χ3n) is 12.2. The topological polar surface area (TPSA) is 135 Å². The molecule has 2 saturated carbocycles. The fraction of sp³-hybridized carbons (Fsp3) is 0.561. The quantitative estimate of drug-likeness (QED) is 0.182. The zero-order valence-corrected chi connectivity index (χ0v) is 31.0. The molecule has 3 aromatic rings. The average Bonchev–Trinajstić information content (AvgIpc) is 4.04. The summed E-state index contributed by atoms with van der Waals surface area (Å²) in [7, 11) is 0. The molecular formula is C41H51F3N8O3. The number of hydrogen-bond donors (Lipinski definition) is 5. The summed E-state index contributed by atoms with van der Waals surface area (Å²) in [5, 5.41) is 21.8. The van der Waals surface area contributed by atoms with Gasteiger partial charge in [-0.3, -0.25) is 14.5 Å². The molecule has 11 nitrogen and oxygen atoms in total. The number of halogens is 3. The van der Waals surface area contributed by atoms with Crippen molar-refractivity contribution < 1.29 is 27.9 Å². The summed E-state index contributed by atoms with van der Waals surface area (Å²) in [6.45, 7) is 1.88. The van der Waals surface area contributed by atoms with Crippen LogP contribution in [0.3, 0.4) is 0 Å². The third-order valence-corrected chi connectivity index (χ3v) is 12.2. The van der Waals surface area contributed by atoms with E-state index in [1.54, 1.807) is 17.0 Å². The van der Waals surface area contributed by atoms with Crippen molar-refractivity contribution >= 4 is 29.1 Å². The molecule has 0 radical (unpaired) electrons. The molecule has 3 saturated heterocycles. The van der Waals surface area contributed by atoms with Gasteiger partial charge in [-0.25, -0.2) is 23.1 Å². The van der Waals surface area contributed by atoms with Gasteiger partial charge in [0.25, 0.3) is 0 Å². The Morgan fingerprint density at radius 2 is 1.64 bits per heavy atom. The fourth-order valence-corrected chi connectivity index (χ4v) is 8.88. The van der Waals surface area contributed by atoms with Gasteiger partial charge in [0.1, 0.15) is 30.0 Å². The molecule has 8 rings (SSSR count). The maximum atomic E-state index is 15.7. The Morgan fingerprint density at radius 1 is 0.855 bits per heavy atom. The monoisotopic (exact) mass is 760 g/mol. The van der Waals surface area contributed by atoms with Crippen LogP contribution in [-0.4, -0.2) is 94.5 Å². The van der Waals surface area contributed by atoms with Crippen LogP contribution >= 0.6 is 0 Å². The van der Waals surface area contributed by atoms with Gasteiger partial charge in [-0.15, -0.1) is 0 Å². The van der Waals surface area contributed by atoms with Crippen LogP contribution in [0.2, 0.25) is 0 Å². The Balaban J connectivity index is 0.762. The van der Waals surface area contributed by atoms with E-state index in [9.17, 15) is 19.1 Å². The lowest BCUT2D eigenvalue weighted by atomic mass is 9.89. The molecule has 14 heteroatoms. The van der Waals surface area contributed by atoms with Gasteiger partial charge in [-0.2, -0.15) is 0 Å². The minimum absolute atomic E-state index is 0.0673. The van der Waals surface area contributed by atoms with E-state index in [1.165, 1.54) is 30.7 Å². The number of piperidine rings is 3. The zero-order valence-electron chi connectivity index (χ0n) is 31.0. The second-order valence-electron chi connectivity index (χ2n) is 16.1. The van der Waals surface area contributed by atoms with E-state index < -0.39 is 30.1 Å². The predicted molar refractivity (Wildman–Crippen MR) is 204 cm³/mol. The number of aromatic nitrogens is 2. The molecule has 2 aromatic carbocycles. The number of aliphatic hydroxyl groups is 1. The van der Waals surface area contributed by atoms with E-state index in [0.717, 1.165) is 31.2 Å². The van der Waals surface area contributed by atoms with Gasteiger partial charge in [0.2, 0.25) is 17.8 Å². The van der Waals surface area contributed by atoms with E-state index >= 15 is 8.78 Å². The molecule has 294 valence electrons. The number of nitrogens with zero attached hydrogens (tertiary/aromatic N) is 4. The number of anilines is 3. The zero-order chi connectivity index (χ0) is 38.1. The first-order valence-electron chi connectivity index (χ1n) is 20.0. The summed E-state index contributed by atoms with van der Waals surface area (Å²) in [6, 6.07) is 12.0. The van der Waals surface area contributed by atoms with Crippen LogP contribution in [0.15, 0.2) is 48.7 Å². The number of carbonyl (C=O) groups is 2. The van der Waals surface area contributed by atoms with Gasteiger partial charge in [0.05, 0.1) is 18.4 Å². The molecule has 2 amide bonds. The SMILES string of the molecule is O=C(NC1CCC(Nc2ncc(F)c(-c3cccc(C4CC4)c3)n2)CC1)C1CCN(C2CCN(c3ccc(NC4CCC(O)NC4=O)cc3F)CC2F)CC1. The summed E-state index contributed by atoms with van der Waals surface area (Å²) < 4.78 is 45.6. The van der Waals surface area contributed by atoms with Crippen molar-refractivity contribution in [3.63, 3.8) is 0 Å². The number of likely N-dealkylation sites (tertiary alicyclic amines) is 1. The van der Waals surface area contributed by atoms with E-state index in [2.05, 4.69) is 42.2 Å². The summed E-state index contributed by atoms with van der Waals surface area (Å²) in [6.07, 6.45) is 7.62. The van der Waals surface area contributed by atoms with Crippen molar-refractivity contribution in [2.75, 3.05) is 41.7 Å². The molecule has 5 N–H and O–H groups in total. The number of amides is 2. The Bertz CT molecular complexity index is 1850. The van der Waals surface area contributed by atoms with Crippen LogP contribution in [0.25, 0.3) is 11.3 Å². The van der Waals surface area contributed by atoms with Gasteiger partial charge < -0.3 is 31.3 Å². The van der Waals surface area contributed by atoms with Gasteiger partial charge >= 0.3 is 0 Å². The van der Waals surface area contributed by atoms with Gasteiger partial charge in [-0.1, -0.05) is 18.2 Å². The van der Waals surface area contributed by atoms with Crippen LogP contribution in [0, 0.1) is 17.6 Å². The van der Waals surface area contributed by atoms with E-state index in [1.807, 2.05) is 18.2 Å². The summed E-state index contributed by atoms with van der Waals surface area (Å²) in [4.78, 5) is 38.1. The van der Waals surface area contributed by atoms with E-state index in [0.29, 0.717) is 80.7 Å². The molecule has 55 heavy (non-hydrogen) atoms. The minimum Gasteiger partial charge on any atom is -0.374 e. The highest BCUT2D eigenvalue weighted by Crippen LogP contribution is 2.41. The van der Waals surface area contributed by atoms with Crippen LogP contribution in [0.1, 0.15) is 82.1 Å². The molecule has 4 unspecified atom stereocenters. The van der Waals surface area contributed by atoms with Crippen molar-refractivity contribution in [1.29, 1.82) is 0 Å². The van der Waals surface area contributed by atoms with Crippen molar-refractivity contribution in [1.82, 2.24) is 25.5 Å². The molecular weight excluding hydrogens is 709 g/mol. The number of aliphatic hydroxyl groups excluding tert-OH is 1. The van der Waals surface area contributed by atoms with Crippen LogP contribution in [-0.2, 0) is 9.59 Å². The molecule has 4 heterocycles. The second-order valence-corrected chi connectivity index (χ2v) is 16.1. The predicted octanol–water partition coefficient (Wildman–Crippen LogP) is 5.48. The van der Waals surface area contributed by atoms with Gasteiger partial charge in [-0.05, 0) is 119 Å². The van der Waals surface area contributed by atoms with Gasteiger partial charge in [0.15, 0.2) is 5.82 Å². The van der Waals surface area contributed by atoms with E-state index in [-0.39, 0.29) is 42.4 Å². The number of nitrogens with one attached hydrogen (secondary N) is 4. The molecule has 0 bridgehead atoms. The summed E-state index contributed by atoms with van der Waals surface area (Å²) in [5.41, 5.74) is 3.09. The van der Waals surface area contributed by atoms with Crippen molar-refractivity contribution in [3.05, 3.63) is 65.9 Å². The lowest BCUT2D eigenvalue weighted by Gasteiger charge is -2.44. The number of benzene rings is 2. The van der Waals surface area contributed by atoms with Crippen molar-refractivity contribution in [2.45, 2.75) is 113 Å². The maximum Gasteiger partial charge on any atom is 0.244 e. The molecule has 3 aliphatic heterocycles. The first-order valence-corrected chi connectivity index (χ1v) is 20.0. The minimum atomic E-state index is -1.16. The molecule has 2 aliphatic carbocycles. The lowest BCUT2D eigenvalue weighted by Crippen LogP contribution is -2.55. The first-order chi connectivity index (χ1) is 26.7. The molecule has 4 atom stereocenters. The number of alkyl halides is 1. The third kappa shape index (κ3) is 8.85. The van der Waals surface area contributed by atoms with Crippen LogP contribution in [0.5, 0.6) is 0 Å². The summed E-state index contributed by atoms with van der Waals surface area (Å²) in [5.74, 6) is -0.312. The number of carbonyl (C=O) groups excluding carboxylic acids is 2. The van der Waals surface area contributed by atoms with Gasteiger partial charge in [0, 0.05) is 41.8 Å². The van der Waals surface area contributed by atoms with Crippen LogP contribution < -0.4 is 26.2 Å². The highest BCUT2D eigenvalue weighted by Gasteiger charge is 2.38. The first kappa shape index (κ1) is 37.5. The standard InChI is InChI=1S/C41H51F3N8O3/c42-31-21-30(46-34-11-13-37(53)49-40(34)55)10-12-35(31)52-19-16-36(33(44)23-52)51-17-14-25(15-18-51)39(54)47-28-6-8-29(9-7-28)48-41-45-22-32(43)38(50-41)27-3-1-2-26(20-27)24-4-5-24/h1-3,10,12,20-22,24-25,28-29,33-34,36-37,46,53H,4-9,11,13-19,23H2,(H,47,54)(H,49,55)(H,45,48,50). The number of rotatable bonds is 10. The second kappa shape index (κ2) is 16.4. The highest BCUT2D eigenvalue weighted by molar-refractivity contribution is 5.85. The fourth-order valence-electron chi connectivity index (χ4n) is 8.88. The van der Waals surface area contributed by atoms with Crippen LogP contribution in [0.4, 0.5) is 30.5 Å². The Morgan fingerprint density at radius 3 is 2.36 bits per heavy atom. The maximum absolute atomic E-state index is 15.7. The van der Waals surface area contributed by atoms with E-state index in [4.69, 9.17) is 0 Å². The molecule has 0 spiro atoms. The largest absolute Gasteiger partial charge is 0.374 e.